The number of aromatic nitrogens is 3. The highest BCUT2D eigenvalue weighted by Gasteiger charge is 2.36. The lowest BCUT2D eigenvalue weighted by atomic mass is 10.1. The van der Waals surface area contributed by atoms with E-state index < -0.39 is 6.10 Å². The van der Waals surface area contributed by atoms with Crippen molar-refractivity contribution in [3.05, 3.63) is 102 Å². The van der Waals surface area contributed by atoms with Gasteiger partial charge in [-0.3, -0.25) is 13.9 Å². The number of rotatable bonds is 2. The molecule has 0 N–H and O–H groups in total. The third-order valence-electron chi connectivity index (χ3n) is 6.39. The van der Waals surface area contributed by atoms with E-state index in [4.69, 9.17) is 16.3 Å². The molecule has 4 heterocycles. The molecule has 0 amide bonds. The first-order valence-corrected chi connectivity index (χ1v) is 12.0. The zero-order chi connectivity index (χ0) is 23.7. The van der Waals surface area contributed by atoms with Crippen LogP contribution >= 0.6 is 22.9 Å². The van der Waals surface area contributed by atoms with Gasteiger partial charge in [-0.05, 0) is 42.1 Å². The second-order valence-corrected chi connectivity index (χ2v) is 9.91. The van der Waals surface area contributed by atoms with Crippen molar-refractivity contribution < 1.29 is 4.74 Å². The average Bonchev–Trinajstić information content (AvgIpc) is 3.48. The van der Waals surface area contributed by atoms with E-state index in [1.165, 1.54) is 7.05 Å². The molecule has 0 radical (unpaired) electrons. The average molecular weight is 490 g/mol. The fraction of sp³-hybridized carbons (Fsp3) is 0.154. The summed E-state index contributed by atoms with van der Waals surface area (Å²) in [5, 5.41) is 3.02. The first-order chi connectivity index (χ1) is 16.4. The molecule has 8 heteroatoms. The highest BCUT2D eigenvalue weighted by Crippen LogP contribution is 2.47. The Balaban J connectivity index is 1.89. The molecule has 5 aromatic rings. The first kappa shape index (κ1) is 21.0. The number of halogens is 1. The molecule has 6 rings (SSSR count). The minimum absolute atomic E-state index is 0.343. The molecule has 2 aromatic carbocycles. The Kier molecular flexibility index (Phi) is 4.62. The third-order valence-corrected chi connectivity index (χ3v) is 7.54. The van der Waals surface area contributed by atoms with Gasteiger partial charge in [0.1, 0.15) is 5.75 Å². The molecule has 170 valence electrons. The van der Waals surface area contributed by atoms with E-state index in [1.54, 1.807) is 29.0 Å². The maximum Gasteiger partial charge on any atom is 0.331 e. The SMILES string of the molecule is Cc1ccc(-c2c3c(=O)n(C)c(=O)n(C)c3c3n2-c2cc(Cl)ccc2OC3c2cccs2)cc1. The van der Waals surface area contributed by atoms with Crippen molar-refractivity contribution in [3.63, 3.8) is 0 Å². The minimum atomic E-state index is -0.493. The van der Waals surface area contributed by atoms with E-state index in [-0.39, 0.29) is 11.2 Å². The van der Waals surface area contributed by atoms with Crippen molar-refractivity contribution >= 4 is 33.8 Å². The molecule has 0 saturated carbocycles. The first-order valence-electron chi connectivity index (χ1n) is 10.8. The number of aryl methyl sites for hydroxylation is 2. The second-order valence-electron chi connectivity index (χ2n) is 8.49. The molecule has 1 aliphatic rings. The molecular weight excluding hydrogens is 470 g/mol. The summed E-state index contributed by atoms with van der Waals surface area (Å²) in [4.78, 5) is 27.6. The van der Waals surface area contributed by atoms with Crippen LogP contribution in [0, 0.1) is 6.92 Å². The summed E-state index contributed by atoms with van der Waals surface area (Å²) in [7, 11) is 3.21. The number of hydrogen-bond donors (Lipinski definition) is 0. The van der Waals surface area contributed by atoms with Gasteiger partial charge in [-0.15, -0.1) is 11.3 Å². The van der Waals surface area contributed by atoms with E-state index in [2.05, 4.69) is 0 Å². The third kappa shape index (κ3) is 2.87. The summed E-state index contributed by atoms with van der Waals surface area (Å²) in [6.07, 6.45) is -0.493. The summed E-state index contributed by atoms with van der Waals surface area (Å²) in [5.41, 5.74) is 4.00. The monoisotopic (exact) mass is 489 g/mol. The van der Waals surface area contributed by atoms with Crippen LogP contribution in [0.15, 0.2) is 69.6 Å². The Morgan fingerprint density at radius 1 is 1.00 bits per heavy atom. The van der Waals surface area contributed by atoms with Gasteiger partial charge in [0.25, 0.3) is 5.56 Å². The van der Waals surface area contributed by atoms with Crippen molar-refractivity contribution in [3.8, 4) is 22.7 Å². The number of hydrogen-bond acceptors (Lipinski definition) is 4. The van der Waals surface area contributed by atoms with Crippen LogP contribution in [0.1, 0.15) is 22.2 Å². The highest BCUT2D eigenvalue weighted by atomic mass is 35.5. The molecule has 0 spiro atoms. The summed E-state index contributed by atoms with van der Waals surface area (Å²) in [6, 6.07) is 17.5. The molecule has 1 unspecified atom stereocenters. The zero-order valence-corrected chi connectivity index (χ0v) is 20.3. The topological polar surface area (TPSA) is 58.2 Å². The molecular formula is C26H20ClN3O3S. The molecule has 0 bridgehead atoms. The van der Waals surface area contributed by atoms with Gasteiger partial charge in [0.2, 0.25) is 0 Å². The van der Waals surface area contributed by atoms with E-state index in [9.17, 15) is 9.59 Å². The summed E-state index contributed by atoms with van der Waals surface area (Å²) in [6.45, 7) is 2.02. The van der Waals surface area contributed by atoms with Crippen LogP contribution in [0.2, 0.25) is 5.02 Å². The minimum Gasteiger partial charge on any atom is -0.476 e. The van der Waals surface area contributed by atoms with E-state index >= 15 is 0 Å². The molecule has 6 nitrogen and oxygen atoms in total. The number of fused-ring (bicyclic) bond motifs is 5. The maximum absolute atomic E-state index is 13.6. The quantitative estimate of drug-likeness (QED) is 0.342. The van der Waals surface area contributed by atoms with Gasteiger partial charge >= 0.3 is 5.69 Å². The Morgan fingerprint density at radius 2 is 1.76 bits per heavy atom. The predicted molar refractivity (Wildman–Crippen MR) is 136 cm³/mol. The van der Waals surface area contributed by atoms with E-state index in [0.29, 0.717) is 21.7 Å². The van der Waals surface area contributed by atoms with Gasteiger partial charge in [-0.2, -0.15) is 0 Å². The maximum atomic E-state index is 13.6. The lowest BCUT2D eigenvalue weighted by molar-refractivity contribution is 0.233. The van der Waals surface area contributed by atoms with Gasteiger partial charge in [0.05, 0.1) is 32.9 Å². The zero-order valence-electron chi connectivity index (χ0n) is 18.7. The smallest absolute Gasteiger partial charge is 0.331 e. The Morgan fingerprint density at radius 3 is 2.47 bits per heavy atom. The fourth-order valence-corrected chi connectivity index (χ4v) is 5.67. The fourth-order valence-electron chi connectivity index (χ4n) is 4.75. The van der Waals surface area contributed by atoms with Gasteiger partial charge in [-0.25, -0.2) is 4.79 Å². The summed E-state index contributed by atoms with van der Waals surface area (Å²) < 4.78 is 11.3. The van der Waals surface area contributed by atoms with Crippen LogP contribution in [-0.4, -0.2) is 13.7 Å². The summed E-state index contributed by atoms with van der Waals surface area (Å²) in [5.74, 6) is 0.658. The van der Waals surface area contributed by atoms with Gasteiger partial charge < -0.3 is 9.30 Å². The summed E-state index contributed by atoms with van der Waals surface area (Å²) >= 11 is 7.99. The Bertz CT molecular complexity index is 1710. The van der Waals surface area contributed by atoms with Crippen molar-refractivity contribution in [1.29, 1.82) is 0 Å². The molecule has 0 saturated heterocycles. The molecule has 34 heavy (non-hydrogen) atoms. The molecule has 0 fully saturated rings. The number of benzene rings is 2. The van der Waals surface area contributed by atoms with Crippen LogP contribution in [0.4, 0.5) is 0 Å². The van der Waals surface area contributed by atoms with Crippen molar-refractivity contribution in [1.82, 2.24) is 13.7 Å². The van der Waals surface area contributed by atoms with Crippen LogP contribution < -0.4 is 16.0 Å². The second kappa shape index (κ2) is 7.48. The van der Waals surface area contributed by atoms with Crippen LogP contribution in [0.5, 0.6) is 5.75 Å². The predicted octanol–water partition coefficient (Wildman–Crippen LogP) is 5.20. The van der Waals surface area contributed by atoms with Crippen LogP contribution in [-0.2, 0) is 14.1 Å². The van der Waals surface area contributed by atoms with Gasteiger partial charge in [0, 0.05) is 19.1 Å². The van der Waals surface area contributed by atoms with Gasteiger partial charge in [0.15, 0.2) is 6.10 Å². The molecule has 3 aromatic heterocycles. The normalized spacial score (nSPS) is 14.6. The highest BCUT2D eigenvalue weighted by molar-refractivity contribution is 7.10. The lowest BCUT2D eigenvalue weighted by Gasteiger charge is -2.29. The number of thiophene rings is 1. The Labute approximate surface area is 203 Å². The van der Waals surface area contributed by atoms with Crippen molar-refractivity contribution in [2.45, 2.75) is 13.0 Å². The number of ether oxygens (including phenoxy) is 1. The largest absolute Gasteiger partial charge is 0.476 e. The standard InChI is InChI=1S/C26H20ClN3O3S/c1-14-6-8-15(9-7-14)21-20-22(28(2)26(32)29(3)25(20)31)23-24(19-5-4-12-34-19)33-18-11-10-16(27)13-17(18)30(21)23/h4-13,24H,1-3H3. The number of nitrogens with zero attached hydrogens (tertiary/aromatic N) is 3. The van der Waals surface area contributed by atoms with Crippen LogP contribution in [0.3, 0.4) is 0 Å². The van der Waals surface area contributed by atoms with E-state index in [1.807, 2.05) is 65.4 Å². The van der Waals surface area contributed by atoms with E-state index in [0.717, 1.165) is 37.6 Å². The van der Waals surface area contributed by atoms with Gasteiger partial charge in [-0.1, -0.05) is 47.5 Å². The Hall–Kier alpha value is -3.55. The molecule has 0 aliphatic carbocycles. The molecule has 1 aliphatic heterocycles. The van der Waals surface area contributed by atoms with Crippen molar-refractivity contribution in [2.75, 3.05) is 0 Å². The van der Waals surface area contributed by atoms with Crippen molar-refractivity contribution in [2.24, 2.45) is 14.1 Å². The van der Waals surface area contributed by atoms with Crippen LogP contribution in [0.25, 0.3) is 27.8 Å². The molecule has 1 atom stereocenters. The lowest BCUT2D eigenvalue weighted by Crippen LogP contribution is -2.37.